The molecule has 6 atom stereocenters. The fraction of sp³-hybridized carbons (Fsp3) is 0.778. The predicted molar refractivity (Wildman–Crippen MR) is 78.4 cm³/mol. The molecule has 108 valence electrons. The second-order valence-electron chi connectivity index (χ2n) is 7.67. The third kappa shape index (κ3) is 1.60. The molecular formula is C18H25NO. The molecule has 1 heterocycles. The first-order valence-corrected chi connectivity index (χ1v) is 8.72. The van der Waals surface area contributed by atoms with E-state index >= 15 is 0 Å². The lowest BCUT2D eigenvalue weighted by Gasteiger charge is -2.35. The van der Waals surface area contributed by atoms with Crippen molar-refractivity contribution < 1.29 is 4.42 Å². The number of rotatable bonds is 2. The SMILES string of the molecule is c1cc2c(o1)CCCC2NC1CC2CC1C1CCCC21. The summed E-state index contributed by atoms with van der Waals surface area (Å²) < 4.78 is 5.64. The maximum absolute atomic E-state index is 5.64. The minimum Gasteiger partial charge on any atom is -0.469 e. The third-order valence-electron chi connectivity index (χ3n) is 6.90. The Morgan fingerprint density at radius 2 is 1.95 bits per heavy atom. The molecule has 1 N–H and O–H groups in total. The van der Waals surface area contributed by atoms with Crippen molar-refractivity contribution in [2.75, 3.05) is 0 Å². The van der Waals surface area contributed by atoms with Crippen molar-refractivity contribution in [2.45, 2.75) is 63.5 Å². The van der Waals surface area contributed by atoms with Gasteiger partial charge in [0.2, 0.25) is 0 Å². The van der Waals surface area contributed by atoms with Crippen LogP contribution in [0.4, 0.5) is 0 Å². The van der Waals surface area contributed by atoms with Crippen molar-refractivity contribution >= 4 is 0 Å². The van der Waals surface area contributed by atoms with Crippen LogP contribution in [0, 0.1) is 23.7 Å². The Morgan fingerprint density at radius 3 is 2.95 bits per heavy atom. The minimum atomic E-state index is 0.571. The van der Waals surface area contributed by atoms with Crippen LogP contribution < -0.4 is 5.32 Å². The van der Waals surface area contributed by atoms with E-state index in [0.717, 1.165) is 36.1 Å². The quantitative estimate of drug-likeness (QED) is 0.877. The highest BCUT2D eigenvalue weighted by Gasteiger charge is 2.53. The molecule has 0 radical (unpaired) electrons. The Bertz CT molecular complexity index is 507. The van der Waals surface area contributed by atoms with Crippen LogP contribution in [0.3, 0.4) is 0 Å². The van der Waals surface area contributed by atoms with Gasteiger partial charge in [-0.15, -0.1) is 0 Å². The van der Waals surface area contributed by atoms with E-state index in [2.05, 4.69) is 11.4 Å². The largest absolute Gasteiger partial charge is 0.469 e. The molecule has 0 saturated heterocycles. The molecule has 6 unspecified atom stereocenters. The first-order chi connectivity index (χ1) is 9.90. The average Bonchev–Trinajstić information content (AvgIpc) is 3.20. The summed E-state index contributed by atoms with van der Waals surface area (Å²) in [5, 5.41) is 4.04. The monoisotopic (exact) mass is 271 g/mol. The van der Waals surface area contributed by atoms with Crippen LogP contribution in [0.2, 0.25) is 0 Å². The van der Waals surface area contributed by atoms with Crippen LogP contribution in [-0.2, 0) is 6.42 Å². The molecule has 2 nitrogen and oxygen atoms in total. The topological polar surface area (TPSA) is 25.2 Å². The van der Waals surface area contributed by atoms with E-state index in [1.165, 1.54) is 56.3 Å². The van der Waals surface area contributed by atoms with Crippen molar-refractivity contribution in [1.29, 1.82) is 0 Å². The average molecular weight is 271 g/mol. The second kappa shape index (κ2) is 4.37. The lowest BCUT2D eigenvalue weighted by Crippen LogP contribution is -2.41. The Balaban J connectivity index is 1.35. The normalized spacial score (nSPS) is 45.6. The Labute approximate surface area is 121 Å². The fourth-order valence-corrected chi connectivity index (χ4v) is 6.18. The van der Waals surface area contributed by atoms with Crippen molar-refractivity contribution in [3.05, 3.63) is 23.7 Å². The smallest absolute Gasteiger partial charge is 0.108 e. The van der Waals surface area contributed by atoms with E-state index in [1.807, 2.05) is 6.26 Å². The zero-order valence-electron chi connectivity index (χ0n) is 12.2. The molecule has 5 rings (SSSR count). The molecule has 0 spiro atoms. The molecule has 20 heavy (non-hydrogen) atoms. The molecule has 4 aliphatic carbocycles. The number of fused-ring (bicyclic) bond motifs is 6. The van der Waals surface area contributed by atoms with Crippen LogP contribution in [0.25, 0.3) is 0 Å². The van der Waals surface area contributed by atoms with Gasteiger partial charge in [-0.25, -0.2) is 0 Å². The van der Waals surface area contributed by atoms with Gasteiger partial charge in [-0.2, -0.15) is 0 Å². The van der Waals surface area contributed by atoms with Gasteiger partial charge in [-0.3, -0.25) is 0 Å². The number of aryl methyl sites for hydroxylation is 1. The lowest BCUT2D eigenvalue weighted by atomic mass is 9.78. The molecule has 1 aromatic heterocycles. The standard InChI is InChI=1S/C18H25NO/c1-3-12-11-9-15(13(12)4-1)17(10-11)19-16-5-2-6-18-14(16)7-8-20-18/h7-8,11-13,15-17,19H,1-6,9-10H2. The molecule has 0 amide bonds. The van der Waals surface area contributed by atoms with Crippen LogP contribution in [0.5, 0.6) is 0 Å². The van der Waals surface area contributed by atoms with Crippen molar-refractivity contribution in [3.63, 3.8) is 0 Å². The van der Waals surface area contributed by atoms with Gasteiger partial charge in [0.15, 0.2) is 0 Å². The van der Waals surface area contributed by atoms with Gasteiger partial charge < -0.3 is 9.73 Å². The molecular weight excluding hydrogens is 246 g/mol. The highest BCUT2D eigenvalue weighted by Crippen LogP contribution is 2.59. The highest BCUT2D eigenvalue weighted by molar-refractivity contribution is 5.24. The van der Waals surface area contributed by atoms with Gasteiger partial charge >= 0.3 is 0 Å². The molecule has 3 saturated carbocycles. The molecule has 0 aliphatic heterocycles. The van der Waals surface area contributed by atoms with Crippen LogP contribution in [-0.4, -0.2) is 6.04 Å². The van der Waals surface area contributed by atoms with E-state index < -0.39 is 0 Å². The van der Waals surface area contributed by atoms with Crippen LogP contribution in [0.15, 0.2) is 16.7 Å². The first kappa shape index (κ1) is 11.9. The van der Waals surface area contributed by atoms with Crippen molar-refractivity contribution in [1.82, 2.24) is 5.32 Å². The fourth-order valence-electron chi connectivity index (χ4n) is 6.18. The molecule has 3 fully saturated rings. The third-order valence-corrected chi connectivity index (χ3v) is 6.90. The summed E-state index contributed by atoms with van der Waals surface area (Å²) in [5.41, 5.74) is 1.46. The van der Waals surface area contributed by atoms with Gasteiger partial charge in [0.25, 0.3) is 0 Å². The summed E-state index contributed by atoms with van der Waals surface area (Å²) >= 11 is 0. The Kier molecular flexibility index (Phi) is 2.59. The molecule has 2 heteroatoms. The van der Waals surface area contributed by atoms with Crippen LogP contribution in [0.1, 0.15) is 62.3 Å². The maximum atomic E-state index is 5.64. The summed E-state index contributed by atoms with van der Waals surface area (Å²) in [6.07, 6.45) is 13.2. The van der Waals surface area contributed by atoms with Gasteiger partial charge in [0.1, 0.15) is 5.76 Å². The number of nitrogens with one attached hydrogen (secondary N) is 1. The van der Waals surface area contributed by atoms with E-state index in [0.29, 0.717) is 6.04 Å². The number of hydrogen-bond donors (Lipinski definition) is 1. The molecule has 0 aromatic carbocycles. The van der Waals surface area contributed by atoms with E-state index in [9.17, 15) is 0 Å². The van der Waals surface area contributed by atoms with Crippen molar-refractivity contribution in [3.8, 4) is 0 Å². The summed E-state index contributed by atoms with van der Waals surface area (Å²) in [6, 6.07) is 3.57. The molecule has 2 bridgehead atoms. The van der Waals surface area contributed by atoms with Gasteiger partial charge in [0, 0.05) is 24.1 Å². The van der Waals surface area contributed by atoms with Gasteiger partial charge in [-0.1, -0.05) is 6.42 Å². The summed E-state index contributed by atoms with van der Waals surface area (Å²) in [5.74, 6) is 5.46. The molecule has 1 aromatic rings. The van der Waals surface area contributed by atoms with Crippen molar-refractivity contribution in [2.24, 2.45) is 23.7 Å². The lowest BCUT2D eigenvalue weighted by molar-refractivity contribution is 0.193. The minimum absolute atomic E-state index is 0.571. The second-order valence-corrected chi connectivity index (χ2v) is 7.67. The van der Waals surface area contributed by atoms with E-state index in [4.69, 9.17) is 4.42 Å². The highest BCUT2D eigenvalue weighted by atomic mass is 16.3. The summed E-state index contributed by atoms with van der Waals surface area (Å²) in [4.78, 5) is 0. The maximum Gasteiger partial charge on any atom is 0.108 e. The number of furan rings is 1. The van der Waals surface area contributed by atoms with E-state index in [-0.39, 0.29) is 0 Å². The van der Waals surface area contributed by atoms with Crippen LogP contribution >= 0.6 is 0 Å². The molecule has 4 aliphatic rings. The predicted octanol–water partition coefficient (Wildman–Crippen LogP) is 4.07. The van der Waals surface area contributed by atoms with E-state index in [1.54, 1.807) is 0 Å². The Hall–Kier alpha value is -0.760. The zero-order valence-corrected chi connectivity index (χ0v) is 12.2. The Morgan fingerprint density at radius 1 is 1.00 bits per heavy atom. The van der Waals surface area contributed by atoms with Gasteiger partial charge in [0.05, 0.1) is 6.26 Å². The summed E-state index contributed by atoms with van der Waals surface area (Å²) in [7, 11) is 0. The number of hydrogen-bond acceptors (Lipinski definition) is 2. The first-order valence-electron chi connectivity index (χ1n) is 8.72. The summed E-state index contributed by atoms with van der Waals surface area (Å²) in [6.45, 7) is 0. The zero-order chi connectivity index (χ0) is 13.1. The van der Waals surface area contributed by atoms with Gasteiger partial charge in [-0.05, 0) is 68.3 Å².